The van der Waals surface area contributed by atoms with Crippen molar-refractivity contribution in [1.82, 2.24) is 4.72 Å². The predicted molar refractivity (Wildman–Crippen MR) is 58.5 cm³/mol. The lowest BCUT2D eigenvalue weighted by atomic mass is 10.2. The summed E-state index contributed by atoms with van der Waals surface area (Å²) in [5.41, 5.74) is -0.504. The highest BCUT2D eigenvalue weighted by Gasteiger charge is 2.17. The number of carbonyl (C=O) groups excluding carboxylic acids is 1. The number of carboxylic acids is 1. The molecule has 0 aliphatic heterocycles. The minimum Gasteiger partial charge on any atom is -0.480 e. The molecule has 0 unspecified atom stereocenters. The summed E-state index contributed by atoms with van der Waals surface area (Å²) in [5.74, 6) is -1.22. The standard InChI is InChI=1S/C9H17NO4S/c1-6(8(12)13)10-15-5-7(11)14-9(2,3)4/h6,10H,5H2,1-4H3,(H,12,13)/t6-/m0/s1. The third-order valence-corrected chi connectivity index (χ3v) is 2.14. The normalized spacial score (nSPS) is 13.3. The van der Waals surface area contributed by atoms with Gasteiger partial charge in [0, 0.05) is 0 Å². The quantitative estimate of drug-likeness (QED) is 0.548. The highest BCUT2D eigenvalue weighted by Crippen LogP contribution is 2.08. The fourth-order valence-electron chi connectivity index (χ4n) is 0.647. The Bertz CT molecular complexity index is 237. The number of nitrogens with one attached hydrogen (secondary N) is 1. The van der Waals surface area contributed by atoms with Gasteiger partial charge in [0.05, 0.1) is 0 Å². The van der Waals surface area contributed by atoms with Crippen LogP contribution in [0.1, 0.15) is 27.7 Å². The van der Waals surface area contributed by atoms with Gasteiger partial charge >= 0.3 is 11.9 Å². The zero-order valence-electron chi connectivity index (χ0n) is 9.36. The minimum absolute atomic E-state index is 0.0922. The SMILES string of the molecule is C[C@H](NSCC(=O)OC(C)(C)C)C(=O)O. The van der Waals surface area contributed by atoms with Crippen LogP contribution < -0.4 is 4.72 Å². The molecule has 6 heteroatoms. The van der Waals surface area contributed by atoms with Gasteiger partial charge in [0.25, 0.3) is 0 Å². The minimum atomic E-state index is -0.952. The lowest BCUT2D eigenvalue weighted by Crippen LogP contribution is -2.31. The second-order valence-electron chi connectivity index (χ2n) is 4.05. The maximum absolute atomic E-state index is 11.2. The Labute approximate surface area is 93.7 Å². The van der Waals surface area contributed by atoms with Gasteiger partial charge in [-0.2, -0.15) is 0 Å². The fourth-order valence-corrected chi connectivity index (χ4v) is 1.26. The molecule has 0 saturated heterocycles. The number of ether oxygens (including phenoxy) is 1. The van der Waals surface area contributed by atoms with E-state index in [2.05, 4.69) is 4.72 Å². The Hall–Kier alpha value is -0.750. The zero-order chi connectivity index (χ0) is 12.1. The molecule has 0 radical (unpaired) electrons. The molecular weight excluding hydrogens is 218 g/mol. The largest absolute Gasteiger partial charge is 0.480 e. The fraction of sp³-hybridized carbons (Fsp3) is 0.778. The third-order valence-electron chi connectivity index (χ3n) is 1.24. The van der Waals surface area contributed by atoms with Gasteiger partial charge in [0.1, 0.15) is 17.4 Å². The summed E-state index contributed by atoms with van der Waals surface area (Å²) in [4.78, 5) is 21.6. The van der Waals surface area contributed by atoms with E-state index in [1.54, 1.807) is 20.8 Å². The first-order valence-electron chi connectivity index (χ1n) is 4.54. The monoisotopic (exact) mass is 235 g/mol. The van der Waals surface area contributed by atoms with Crippen LogP contribution in [0.4, 0.5) is 0 Å². The Morgan fingerprint density at radius 1 is 1.47 bits per heavy atom. The van der Waals surface area contributed by atoms with Crippen LogP contribution >= 0.6 is 11.9 Å². The molecule has 1 atom stereocenters. The summed E-state index contributed by atoms with van der Waals surface area (Å²) in [6.45, 7) is 6.85. The van der Waals surface area contributed by atoms with Crippen molar-refractivity contribution in [3.63, 3.8) is 0 Å². The van der Waals surface area contributed by atoms with E-state index in [4.69, 9.17) is 9.84 Å². The van der Waals surface area contributed by atoms with Gasteiger partial charge in [-0.1, -0.05) is 11.9 Å². The molecule has 0 amide bonds. The van der Waals surface area contributed by atoms with Crippen molar-refractivity contribution in [2.75, 3.05) is 5.75 Å². The van der Waals surface area contributed by atoms with Gasteiger partial charge in [-0.3, -0.25) is 9.59 Å². The van der Waals surface area contributed by atoms with Crippen LogP contribution in [0.3, 0.4) is 0 Å². The average molecular weight is 235 g/mol. The maximum atomic E-state index is 11.2. The average Bonchev–Trinajstić information content (AvgIpc) is 2.00. The summed E-state index contributed by atoms with van der Waals surface area (Å²) >= 11 is 1.03. The van der Waals surface area contributed by atoms with Crippen molar-refractivity contribution in [3.8, 4) is 0 Å². The summed E-state index contributed by atoms with van der Waals surface area (Å²) < 4.78 is 7.65. The Balaban J connectivity index is 3.69. The van der Waals surface area contributed by atoms with E-state index in [9.17, 15) is 9.59 Å². The van der Waals surface area contributed by atoms with Crippen LogP contribution in [-0.4, -0.2) is 34.4 Å². The van der Waals surface area contributed by atoms with E-state index in [1.165, 1.54) is 6.92 Å². The summed E-state index contributed by atoms with van der Waals surface area (Å²) in [6.07, 6.45) is 0. The summed E-state index contributed by atoms with van der Waals surface area (Å²) in [6, 6.07) is -0.683. The molecule has 5 nitrogen and oxygen atoms in total. The molecule has 2 N–H and O–H groups in total. The molecule has 0 spiro atoms. The van der Waals surface area contributed by atoms with Gasteiger partial charge in [-0.15, -0.1) is 0 Å². The molecule has 0 heterocycles. The number of rotatable bonds is 5. The topological polar surface area (TPSA) is 75.6 Å². The molecule has 0 aliphatic carbocycles. The molecule has 0 aliphatic rings. The predicted octanol–water partition coefficient (Wildman–Crippen LogP) is 1.04. The van der Waals surface area contributed by atoms with Crippen LogP contribution in [0.25, 0.3) is 0 Å². The number of carboxylic acid groups (broad SMARTS) is 1. The van der Waals surface area contributed by atoms with E-state index in [1.807, 2.05) is 0 Å². The first-order chi connectivity index (χ1) is 6.72. The molecule has 0 saturated carbocycles. The van der Waals surface area contributed by atoms with Gasteiger partial charge in [0.15, 0.2) is 0 Å². The molecule has 0 aromatic carbocycles. The zero-order valence-corrected chi connectivity index (χ0v) is 10.2. The Kier molecular flexibility index (Phi) is 5.67. The van der Waals surface area contributed by atoms with E-state index in [0.29, 0.717) is 0 Å². The molecular formula is C9H17NO4S. The van der Waals surface area contributed by atoms with Crippen LogP contribution in [-0.2, 0) is 14.3 Å². The maximum Gasteiger partial charge on any atom is 0.321 e. The lowest BCUT2D eigenvalue weighted by molar-refractivity contribution is -0.151. The highest BCUT2D eigenvalue weighted by atomic mass is 32.2. The van der Waals surface area contributed by atoms with Gasteiger partial charge in [-0.25, -0.2) is 4.72 Å². The van der Waals surface area contributed by atoms with Crippen LogP contribution in [0.15, 0.2) is 0 Å². The number of carbonyl (C=O) groups is 2. The van der Waals surface area contributed by atoms with Gasteiger partial charge in [0.2, 0.25) is 0 Å². The Morgan fingerprint density at radius 2 is 2.00 bits per heavy atom. The molecule has 0 bridgehead atoms. The number of hydrogen-bond donors (Lipinski definition) is 2. The molecule has 15 heavy (non-hydrogen) atoms. The van der Waals surface area contributed by atoms with Crippen LogP contribution in [0.2, 0.25) is 0 Å². The van der Waals surface area contributed by atoms with Gasteiger partial charge in [-0.05, 0) is 27.7 Å². The van der Waals surface area contributed by atoms with Crippen molar-refractivity contribution in [2.45, 2.75) is 39.3 Å². The van der Waals surface area contributed by atoms with Crippen molar-refractivity contribution in [1.29, 1.82) is 0 Å². The molecule has 0 fully saturated rings. The smallest absolute Gasteiger partial charge is 0.321 e. The lowest BCUT2D eigenvalue weighted by Gasteiger charge is -2.19. The third kappa shape index (κ3) is 8.26. The van der Waals surface area contributed by atoms with Gasteiger partial charge < -0.3 is 9.84 Å². The van der Waals surface area contributed by atoms with E-state index >= 15 is 0 Å². The number of aliphatic carboxylic acids is 1. The van der Waals surface area contributed by atoms with E-state index in [-0.39, 0.29) is 11.7 Å². The van der Waals surface area contributed by atoms with Crippen molar-refractivity contribution in [2.24, 2.45) is 0 Å². The van der Waals surface area contributed by atoms with Crippen molar-refractivity contribution in [3.05, 3.63) is 0 Å². The second kappa shape index (κ2) is 5.97. The molecule has 0 rings (SSSR count). The number of hydrogen-bond acceptors (Lipinski definition) is 5. The highest BCUT2D eigenvalue weighted by molar-refractivity contribution is 7.98. The number of esters is 1. The molecule has 0 aromatic rings. The van der Waals surface area contributed by atoms with E-state index < -0.39 is 17.6 Å². The molecule has 0 aromatic heterocycles. The summed E-state index contributed by atoms with van der Waals surface area (Å²) in [5, 5.41) is 8.54. The summed E-state index contributed by atoms with van der Waals surface area (Å²) in [7, 11) is 0. The van der Waals surface area contributed by atoms with Crippen LogP contribution in [0, 0.1) is 0 Å². The van der Waals surface area contributed by atoms with Crippen molar-refractivity contribution < 1.29 is 19.4 Å². The second-order valence-corrected chi connectivity index (χ2v) is 4.87. The first kappa shape index (κ1) is 14.2. The van der Waals surface area contributed by atoms with Crippen LogP contribution in [0.5, 0.6) is 0 Å². The van der Waals surface area contributed by atoms with E-state index in [0.717, 1.165) is 11.9 Å². The molecule has 88 valence electrons. The first-order valence-corrected chi connectivity index (χ1v) is 5.53. The Morgan fingerprint density at radius 3 is 2.40 bits per heavy atom. The van der Waals surface area contributed by atoms with Crippen molar-refractivity contribution >= 4 is 23.9 Å².